The molecule has 1 heterocycles. The van der Waals surface area contributed by atoms with Crippen molar-refractivity contribution in [2.24, 2.45) is 0 Å². The second-order valence-corrected chi connectivity index (χ2v) is 6.32. The summed E-state index contributed by atoms with van der Waals surface area (Å²) in [7, 11) is 0. The number of benzene rings is 2. The van der Waals surface area contributed by atoms with Crippen LogP contribution in [0, 0.1) is 0 Å². The molecule has 0 spiro atoms. The van der Waals surface area contributed by atoms with E-state index in [1.807, 2.05) is 55.5 Å². The summed E-state index contributed by atoms with van der Waals surface area (Å²) >= 11 is 0. The number of carbonyl (C=O) groups excluding carboxylic acids is 2. The molecule has 3 N–H and O–H groups in total. The molecular formula is C20H23N3O2. The van der Waals surface area contributed by atoms with E-state index in [1.165, 1.54) is 11.1 Å². The molecule has 0 unspecified atom stereocenters. The van der Waals surface area contributed by atoms with E-state index in [1.54, 1.807) is 0 Å². The molecule has 25 heavy (non-hydrogen) atoms. The maximum absolute atomic E-state index is 12.3. The average molecular weight is 337 g/mol. The fraction of sp³-hybridized carbons (Fsp3) is 0.300. The molecule has 5 nitrogen and oxygen atoms in total. The Balaban J connectivity index is 1.47. The second kappa shape index (κ2) is 7.94. The zero-order valence-electron chi connectivity index (χ0n) is 14.3. The molecule has 2 aromatic carbocycles. The average Bonchev–Trinajstić information content (AvgIpc) is 2.66. The first-order valence-electron chi connectivity index (χ1n) is 8.55. The molecule has 2 amide bonds. The van der Waals surface area contributed by atoms with Gasteiger partial charge in [0.1, 0.15) is 0 Å². The van der Waals surface area contributed by atoms with Gasteiger partial charge < -0.3 is 16.0 Å². The quantitative estimate of drug-likeness (QED) is 0.778. The fourth-order valence-corrected chi connectivity index (χ4v) is 3.05. The van der Waals surface area contributed by atoms with Crippen LogP contribution in [0.3, 0.4) is 0 Å². The summed E-state index contributed by atoms with van der Waals surface area (Å²) in [6.45, 7) is 2.58. The van der Waals surface area contributed by atoms with Gasteiger partial charge in [0.25, 0.3) is 0 Å². The molecule has 0 aromatic heterocycles. The zero-order chi connectivity index (χ0) is 17.6. The zero-order valence-corrected chi connectivity index (χ0v) is 14.3. The predicted octanol–water partition coefficient (Wildman–Crippen LogP) is 1.69. The Kier molecular flexibility index (Phi) is 5.46. The van der Waals surface area contributed by atoms with Gasteiger partial charge in [-0.1, -0.05) is 54.6 Å². The van der Waals surface area contributed by atoms with E-state index >= 15 is 0 Å². The normalized spacial score (nSPS) is 17.2. The van der Waals surface area contributed by atoms with E-state index in [9.17, 15) is 9.59 Å². The van der Waals surface area contributed by atoms with E-state index < -0.39 is 0 Å². The molecule has 0 aliphatic carbocycles. The van der Waals surface area contributed by atoms with Crippen LogP contribution in [0.1, 0.15) is 29.7 Å². The monoisotopic (exact) mass is 337 g/mol. The lowest BCUT2D eigenvalue weighted by atomic mass is 9.95. The first kappa shape index (κ1) is 17.2. The van der Waals surface area contributed by atoms with Gasteiger partial charge in [0, 0.05) is 6.54 Å². The minimum absolute atomic E-state index is 0.0180. The van der Waals surface area contributed by atoms with E-state index in [0.717, 1.165) is 5.56 Å². The van der Waals surface area contributed by atoms with Gasteiger partial charge in [-0.05, 0) is 30.0 Å². The molecule has 0 bridgehead atoms. The third-order valence-corrected chi connectivity index (χ3v) is 4.50. The number of nitrogens with one attached hydrogen (secondary N) is 3. The van der Waals surface area contributed by atoms with Crippen LogP contribution in [-0.2, 0) is 22.6 Å². The first-order valence-corrected chi connectivity index (χ1v) is 8.55. The van der Waals surface area contributed by atoms with Crippen molar-refractivity contribution < 1.29 is 9.59 Å². The summed E-state index contributed by atoms with van der Waals surface area (Å²) in [6.07, 6.45) is 0.643. The Bertz CT molecular complexity index is 746. The van der Waals surface area contributed by atoms with Gasteiger partial charge >= 0.3 is 0 Å². The summed E-state index contributed by atoms with van der Waals surface area (Å²) in [5.41, 5.74) is 3.44. The van der Waals surface area contributed by atoms with Crippen molar-refractivity contribution in [3.05, 3.63) is 71.3 Å². The molecule has 0 saturated heterocycles. The van der Waals surface area contributed by atoms with Crippen molar-refractivity contribution in [3.8, 4) is 0 Å². The van der Waals surface area contributed by atoms with Crippen LogP contribution in [0.5, 0.6) is 0 Å². The predicted molar refractivity (Wildman–Crippen MR) is 96.8 cm³/mol. The molecule has 1 aliphatic rings. The number of hydrogen-bond acceptors (Lipinski definition) is 3. The molecule has 1 aliphatic heterocycles. The number of carbonyl (C=O) groups is 2. The summed E-state index contributed by atoms with van der Waals surface area (Å²) in [6, 6.07) is 17.4. The second-order valence-electron chi connectivity index (χ2n) is 6.32. The van der Waals surface area contributed by atoms with Gasteiger partial charge in [-0.2, -0.15) is 0 Å². The Labute approximate surface area is 147 Å². The number of hydrogen-bond donors (Lipinski definition) is 3. The molecule has 2 atom stereocenters. The number of amides is 2. The molecule has 5 heteroatoms. The lowest BCUT2D eigenvalue weighted by Crippen LogP contribution is -2.49. The van der Waals surface area contributed by atoms with Crippen molar-refractivity contribution in [2.45, 2.75) is 32.0 Å². The Morgan fingerprint density at radius 3 is 2.52 bits per heavy atom. The SMILES string of the molecule is C[C@@H](NC(=O)CNC(=O)[C@@H]1Cc2ccccc2CN1)c1ccccc1. The van der Waals surface area contributed by atoms with Crippen LogP contribution in [0.4, 0.5) is 0 Å². The summed E-state index contributed by atoms with van der Waals surface area (Å²) < 4.78 is 0. The lowest BCUT2D eigenvalue weighted by molar-refractivity contribution is -0.127. The van der Waals surface area contributed by atoms with Crippen molar-refractivity contribution in [1.29, 1.82) is 0 Å². The largest absolute Gasteiger partial charge is 0.348 e. The topological polar surface area (TPSA) is 70.2 Å². The van der Waals surface area contributed by atoms with Crippen molar-refractivity contribution in [1.82, 2.24) is 16.0 Å². The molecule has 130 valence electrons. The highest BCUT2D eigenvalue weighted by molar-refractivity contribution is 5.88. The van der Waals surface area contributed by atoms with E-state index in [4.69, 9.17) is 0 Å². The Hall–Kier alpha value is -2.66. The van der Waals surface area contributed by atoms with Crippen molar-refractivity contribution >= 4 is 11.8 Å². The van der Waals surface area contributed by atoms with E-state index in [0.29, 0.717) is 13.0 Å². The Morgan fingerprint density at radius 1 is 1.08 bits per heavy atom. The van der Waals surface area contributed by atoms with Gasteiger partial charge in [0.2, 0.25) is 11.8 Å². The van der Waals surface area contributed by atoms with Gasteiger partial charge in [0.15, 0.2) is 0 Å². The van der Waals surface area contributed by atoms with Gasteiger partial charge in [-0.25, -0.2) is 0 Å². The highest BCUT2D eigenvalue weighted by atomic mass is 16.2. The van der Waals surface area contributed by atoms with Crippen LogP contribution in [-0.4, -0.2) is 24.4 Å². The highest BCUT2D eigenvalue weighted by Crippen LogP contribution is 2.16. The van der Waals surface area contributed by atoms with E-state index in [2.05, 4.69) is 22.0 Å². The standard InChI is InChI=1S/C20H23N3O2/c1-14(15-7-3-2-4-8-15)23-19(24)13-22-20(25)18-11-16-9-5-6-10-17(16)12-21-18/h2-10,14,18,21H,11-13H2,1H3,(H,22,25)(H,23,24)/t14-,18+/m1/s1. The maximum atomic E-state index is 12.3. The summed E-state index contributed by atoms with van der Waals surface area (Å²) in [5.74, 6) is -0.335. The summed E-state index contributed by atoms with van der Waals surface area (Å²) in [4.78, 5) is 24.4. The highest BCUT2D eigenvalue weighted by Gasteiger charge is 2.24. The minimum atomic E-state index is -0.297. The van der Waals surface area contributed by atoms with E-state index in [-0.39, 0.29) is 30.4 Å². The van der Waals surface area contributed by atoms with Crippen LogP contribution in [0.25, 0.3) is 0 Å². The van der Waals surface area contributed by atoms with Gasteiger partial charge in [0.05, 0.1) is 18.6 Å². The minimum Gasteiger partial charge on any atom is -0.348 e. The van der Waals surface area contributed by atoms with Crippen LogP contribution in [0.15, 0.2) is 54.6 Å². The molecule has 2 aromatic rings. The van der Waals surface area contributed by atoms with Crippen molar-refractivity contribution in [3.63, 3.8) is 0 Å². The summed E-state index contributed by atoms with van der Waals surface area (Å²) in [5, 5.41) is 8.84. The molecule has 0 saturated carbocycles. The molecular weight excluding hydrogens is 314 g/mol. The third-order valence-electron chi connectivity index (χ3n) is 4.50. The van der Waals surface area contributed by atoms with Crippen LogP contribution in [0.2, 0.25) is 0 Å². The third kappa shape index (κ3) is 4.45. The smallest absolute Gasteiger partial charge is 0.239 e. The van der Waals surface area contributed by atoms with Crippen molar-refractivity contribution in [2.75, 3.05) is 6.54 Å². The Morgan fingerprint density at radius 2 is 1.76 bits per heavy atom. The van der Waals surface area contributed by atoms with Crippen LogP contribution < -0.4 is 16.0 Å². The number of fused-ring (bicyclic) bond motifs is 1. The van der Waals surface area contributed by atoms with Gasteiger partial charge in [-0.15, -0.1) is 0 Å². The molecule has 3 rings (SSSR count). The molecule has 0 fully saturated rings. The lowest BCUT2D eigenvalue weighted by Gasteiger charge is -2.25. The molecule has 0 radical (unpaired) electrons. The number of rotatable bonds is 5. The first-order chi connectivity index (χ1) is 12.1. The van der Waals surface area contributed by atoms with Crippen LogP contribution >= 0.6 is 0 Å². The van der Waals surface area contributed by atoms with Gasteiger partial charge in [-0.3, -0.25) is 9.59 Å². The maximum Gasteiger partial charge on any atom is 0.239 e. The fourth-order valence-electron chi connectivity index (χ4n) is 3.05.